The predicted octanol–water partition coefficient (Wildman–Crippen LogP) is 3.38. The minimum Gasteiger partial charge on any atom is -0.497 e. The molecule has 0 amide bonds. The van der Waals surface area contributed by atoms with E-state index in [2.05, 4.69) is 15.3 Å². The van der Waals surface area contributed by atoms with Crippen molar-refractivity contribution in [1.82, 2.24) is 14.8 Å². The van der Waals surface area contributed by atoms with Crippen molar-refractivity contribution in [2.75, 3.05) is 26.2 Å². The van der Waals surface area contributed by atoms with Gasteiger partial charge < -0.3 is 14.4 Å². The Morgan fingerprint density at radius 2 is 1.52 bits per heavy atom. The molecule has 2 aromatic carbocycles. The summed E-state index contributed by atoms with van der Waals surface area (Å²) in [5.41, 5.74) is 2.09. The number of rotatable bonds is 8. The van der Waals surface area contributed by atoms with Crippen molar-refractivity contribution in [3.05, 3.63) is 64.6 Å². The molecule has 140 valence electrons. The van der Waals surface area contributed by atoms with Crippen molar-refractivity contribution >= 4 is 11.9 Å². The van der Waals surface area contributed by atoms with E-state index >= 15 is 0 Å². The average Bonchev–Trinajstić information content (AvgIpc) is 3.12. The fourth-order valence-corrected chi connectivity index (χ4v) is 2.73. The molecule has 8 heteroatoms. The predicted molar refractivity (Wildman–Crippen MR) is 103 cm³/mol. The Hall–Kier alpha value is -3.42. The third-order valence-electron chi connectivity index (χ3n) is 4.13. The quantitative estimate of drug-likeness (QED) is 0.568. The van der Waals surface area contributed by atoms with Crippen LogP contribution in [-0.4, -0.2) is 36.0 Å². The number of anilines is 1. The molecule has 0 saturated carbocycles. The van der Waals surface area contributed by atoms with Crippen molar-refractivity contribution in [1.29, 1.82) is 0 Å². The maximum atomic E-state index is 10.9. The Balaban J connectivity index is 1.80. The monoisotopic (exact) mass is 367 g/mol. The van der Waals surface area contributed by atoms with E-state index in [1.165, 1.54) is 0 Å². The van der Waals surface area contributed by atoms with Gasteiger partial charge in [-0.3, -0.25) is 0 Å². The van der Waals surface area contributed by atoms with E-state index in [0.717, 1.165) is 22.6 Å². The highest BCUT2D eigenvalue weighted by atomic mass is 16.5. The van der Waals surface area contributed by atoms with Crippen LogP contribution in [0.5, 0.6) is 11.5 Å². The smallest absolute Gasteiger partial charge is 0.311 e. The van der Waals surface area contributed by atoms with Gasteiger partial charge in [0.05, 0.1) is 20.8 Å². The van der Waals surface area contributed by atoms with Gasteiger partial charge in [-0.25, -0.2) is 4.68 Å². The maximum absolute atomic E-state index is 10.9. The molecule has 0 aliphatic rings. The Labute approximate surface area is 157 Å². The third-order valence-corrected chi connectivity index (χ3v) is 4.13. The van der Waals surface area contributed by atoms with Crippen LogP contribution in [0.25, 0.3) is 0 Å². The molecule has 0 aliphatic heterocycles. The number of ether oxygens (including phenoxy) is 2. The van der Waals surface area contributed by atoms with Crippen molar-refractivity contribution in [2.45, 2.75) is 13.1 Å². The lowest BCUT2D eigenvalue weighted by molar-refractivity contribution is 0.414. The summed E-state index contributed by atoms with van der Waals surface area (Å²) in [6.07, 6.45) is 0. The first-order chi connectivity index (χ1) is 13.1. The summed E-state index contributed by atoms with van der Waals surface area (Å²) >= 11 is 0. The highest BCUT2D eigenvalue weighted by Crippen LogP contribution is 2.21. The van der Waals surface area contributed by atoms with Gasteiger partial charge in [-0.15, -0.1) is 10.0 Å². The summed E-state index contributed by atoms with van der Waals surface area (Å²) in [4.78, 5) is 17.1. The van der Waals surface area contributed by atoms with E-state index in [0.29, 0.717) is 19.0 Å². The molecule has 1 heterocycles. The highest BCUT2D eigenvalue weighted by Gasteiger charge is 2.15. The molecule has 8 nitrogen and oxygen atoms in total. The number of aromatic nitrogens is 3. The van der Waals surface area contributed by atoms with Crippen LogP contribution in [0, 0.1) is 4.91 Å². The molecule has 27 heavy (non-hydrogen) atoms. The van der Waals surface area contributed by atoms with E-state index in [1.54, 1.807) is 18.9 Å². The number of hydrogen-bond acceptors (Lipinski definition) is 7. The number of hydrogen-bond donors (Lipinski definition) is 0. The molecular weight excluding hydrogens is 346 g/mol. The Morgan fingerprint density at radius 1 is 0.963 bits per heavy atom. The molecule has 1 aromatic heterocycles. The molecule has 0 aliphatic carbocycles. The lowest BCUT2D eigenvalue weighted by atomic mass is 10.2. The van der Waals surface area contributed by atoms with Gasteiger partial charge in [0.2, 0.25) is 5.95 Å². The largest absolute Gasteiger partial charge is 0.497 e. The van der Waals surface area contributed by atoms with Gasteiger partial charge in [-0.05, 0) is 35.4 Å². The van der Waals surface area contributed by atoms with Crippen LogP contribution in [0.15, 0.2) is 53.7 Å². The van der Waals surface area contributed by atoms with Gasteiger partial charge in [-0.2, -0.15) is 4.98 Å². The van der Waals surface area contributed by atoms with E-state index in [1.807, 2.05) is 60.5 Å². The first kappa shape index (κ1) is 18.4. The minimum atomic E-state index is -0.0832. The van der Waals surface area contributed by atoms with Crippen LogP contribution in [0.1, 0.15) is 11.1 Å². The second kappa shape index (κ2) is 8.31. The lowest BCUT2D eigenvalue weighted by Gasteiger charge is -2.19. The second-order valence-electron chi connectivity index (χ2n) is 6.01. The van der Waals surface area contributed by atoms with E-state index in [-0.39, 0.29) is 5.95 Å². The van der Waals surface area contributed by atoms with E-state index < -0.39 is 0 Å². The molecule has 3 aromatic rings. The zero-order valence-electron chi connectivity index (χ0n) is 15.5. The van der Waals surface area contributed by atoms with Crippen LogP contribution < -0.4 is 14.4 Å². The van der Waals surface area contributed by atoms with Gasteiger partial charge in [-0.1, -0.05) is 24.3 Å². The maximum Gasteiger partial charge on any atom is 0.311 e. The highest BCUT2D eigenvalue weighted by molar-refractivity contribution is 5.38. The van der Waals surface area contributed by atoms with Crippen LogP contribution in [-0.2, 0) is 13.1 Å². The van der Waals surface area contributed by atoms with E-state index in [9.17, 15) is 4.91 Å². The van der Waals surface area contributed by atoms with Gasteiger partial charge in [0.15, 0.2) is 0 Å². The molecule has 0 spiro atoms. The van der Waals surface area contributed by atoms with Gasteiger partial charge in [0.1, 0.15) is 11.5 Å². The average molecular weight is 367 g/mol. The van der Waals surface area contributed by atoms with Gasteiger partial charge in [0, 0.05) is 18.8 Å². The van der Waals surface area contributed by atoms with Crippen LogP contribution >= 0.6 is 0 Å². The van der Waals surface area contributed by atoms with Gasteiger partial charge >= 0.3 is 5.95 Å². The number of nitroso groups, excluding NO2 is 1. The summed E-state index contributed by atoms with van der Waals surface area (Å²) in [6.45, 7) is 1.07. The first-order valence-electron chi connectivity index (χ1n) is 8.38. The number of methoxy groups -OCH3 is 2. The number of benzene rings is 2. The summed E-state index contributed by atoms with van der Waals surface area (Å²) in [7, 11) is 5.16. The zero-order valence-corrected chi connectivity index (χ0v) is 15.5. The third kappa shape index (κ3) is 4.41. The molecule has 0 bridgehead atoms. The molecule has 0 radical (unpaired) electrons. The zero-order chi connectivity index (χ0) is 19.2. The van der Waals surface area contributed by atoms with Crippen LogP contribution in [0.4, 0.5) is 11.9 Å². The second-order valence-corrected chi connectivity index (χ2v) is 6.01. The Kier molecular flexibility index (Phi) is 5.65. The van der Waals surface area contributed by atoms with Gasteiger partial charge in [0.25, 0.3) is 0 Å². The summed E-state index contributed by atoms with van der Waals surface area (Å²) in [5.74, 6) is 2.07. The molecule has 0 saturated heterocycles. The van der Waals surface area contributed by atoms with E-state index in [4.69, 9.17) is 9.47 Å². The summed E-state index contributed by atoms with van der Waals surface area (Å²) in [5, 5.41) is 7.07. The minimum absolute atomic E-state index is 0.0832. The fourth-order valence-electron chi connectivity index (χ4n) is 2.73. The molecular formula is C19H21N5O3. The Bertz CT molecular complexity index is 891. The fraction of sp³-hybridized carbons (Fsp3) is 0.263. The van der Waals surface area contributed by atoms with Crippen molar-refractivity contribution in [2.24, 2.45) is 5.18 Å². The number of nitrogens with zero attached hydrogens (tertiary/aromatic N) is 5. The molecule has 0 fully saturated rings. The standard InChI is InChI=1S/C19H21N5O3/c1-23(12-14-4-8-16(26-2)9-5-14)19-20-18(22-25)21-24(19)13-15-6-10-17(27-3)11-7-15/h4-11H,12-13H2,1-3H3. The lowest BCUT2D eigenvalue weighted by Crippen LogP contribution is -2.21. The van der Waals surface area contributed by atoms with Crippen molar-refractivity contribution in [3.8, 4) is 11.5 Å². The molecule has 0 atom stereocenters. The van der Waals surface area contributed by atoms with Crippen LogP contribution in [0.2, 0.25) is 0 Å². The summed E-state index contributed by atoms with van der Waals surface area (Å²) in [6, 6.07) is 15.4. The first-order valence-corrected chi connectivity index (χ1v) is 8.38. The van der Waals surface area contributed by atoms with Crippen LogP contribution in [0.3, 0.4) is 0 Å². The van der Waals surface area contributed by atoms with Crippen molar-refractivity contribution < 1.29 is 9.47 Å². The molecule has 0 unspecified atom stereocenters. The normalized spacial score (nSPS) is 10.5. The summed E-state index contributed by atoms with van der Waals surface area (Å²) < 4.78 is 12.0. The Morgan fingerprint density at radius 3 is 2.04 bits per heavy atom. The molecule has 0 N–H and O–H groups in total. The SMILES string of the molecule is COc1ccc(CN(C)c2nc(N=O)nn2Cc2ccc(OC)cc2)cc1. The van der Waals surface area contributed by atoms with Crippen molar-refractivity contribution in [3.63, 3.8) is 0 Å². The topological polar surface area (TPSA) is 81.8 Å². The molecule has 3 rings (SSSR count).